The van der Waals surface area contributed by atoms with Gasteiger partial charge in [0.2, 0.25) is 0 Å². The Morgan fingerprint density at radius 3 is 2.60 bits per heavy atom. The Kier molecular flexibility index (Phi) is 4.54. The molecule has 2 aromatic carbocycles. The van der Waals surface area contributed by atoms with E-state index in [-0.39, 0.29) is 11.1 Å². The van der Waals surface area contributed by atoms with Crippen molar-refractivity contribution in [3.8, 4) is 5.69 Å². The van der Waals surface area contributed by atoms with Gasteiger partial charge in [0.1, 0.15) is 0 Å². The topological polar surface area (TPSA) is 87.5 Å². The van der Waals surface area contributed by atoms with Crippen molar-refractivity contribution in [3.63, 3.8) is 0 Å². The van der Waals surface area contributed by atoms with Crippen molar-refractivity contribution < 1.29 is 9.90 Å². The van der Waals surface area contributed by atoms with Crippen LogP contribution >= 0.6 is 11.6 Å². The summed E-state index contributed by atoms with van der Waals surface area (Å²) < 4.78 is 1.40. The van der Waals surface area contributed by atoms with Crippen LogP contribution in [0.25, 0.3) is 5.69 Å². The fraction of sp³-hybridized carbons (Fsp3) is 0.0556. The minimum atomic E-state index is -0.999. The largest absolute Gasteiger partial charge is 0.478 e. The molecule has 0 saturated heterocycles. The van der Waals surface area contributed by atoms with Crippen molar-refractivity contribution in [2.24, 2.45) is 4.99 Å². The van der Waals surface area contributed by atoms with Crippen LogP contribution in [0.15, 0.2) is 58.3 Å². The molecule has 0 atom stereocenters. The van der Waals surface area contributed by atoms with Crippen molar-refractivity contribution in [3.05, 3.63) is 80.7 Å². The Morgan fingerprint density at radius 2 is 1.96 bits per heavy atom. The summed E-state index contributed by atoms with van der Waals surface area (Å²) in [6.45, 7) is 1.78. The third kappa shape index (κ3) is 3.54. The summed E-state index contributed by atoms with van der Waals surface area (Å²) in [6, 6.07) is 13.0. The average molecular weight is 356 g/mol. The molecule has 0 aliphatic carbocycles. The van der Waals surface area contributed by atoms with Gasteiger partial charge in [-0.3, -0.25) is 14.9 Å². The first-order valence-corrected chi connectivity index (χ1v) is 7.78. The van der Waals surface area contributed by atoms with Crippen molar-refractivity contribution in [1.82, 2.24) is 9.78 Å². The van der Waals surface area contributed by atoms with Crippen LogP contribution in [0.5, 0.6) is 0 Å². The fourth-order valence-corrected chi connectivity index (χ4v) is 2.52. The number of aromatic nitrogens is 2. The number of nitrogens with one attached hydrogen (secondary N) is 1. The van der Waals surface area contributed by atoms with Crippen molar-refractivity contribution in [2.45, 2.75) is 6.92 Å². The molecule has 6 nitrogen and oxygen atoms in total. The molecule has 0 unspecified atom stereocenters. The molecule has 1 aromatic heterocycles. The molecule has 0 saturated carbocycles. The van der Waals surface area contributed by atoms with Crippen LogP contribution < -0.4 is 5.56 Å². The summed E-state index contributed by atoms with van der Waals surface area (Å²) in [5.74, 6) is -0.999. The molecular formula is C18H14ClN3O3. The first-order chi connectivity index (χ1) is 12.0. The molecular weight excluding hydrogens is 342 g/mol. The van der Waals surface area contributed by atoms with E-state index in [0.29, 0.717) is 27.7 Å². The molecule has 7 heteroatoms. The zero-order valence-electron chi connectivity index (χ0n) is 13.2. The predicted octanol–water partition coefficient (Wildman–Crippen LogP) is 3.58. The van der Waals surface area contributed by atoms with Crippen LogP contribution in [0.4, 0.5) is 5.69 Å². The highest BCUT2D eigenvalue weighted by molar-refractivity contribution is 6.30. The number of hydrogen-bond acceptors (Lipinski definition) is 3. The van der Waals surface area contributed by atoms with Gasteiger partial charge in [0.25, 0.3) is 5.56 Å². The van der Waals surface area contributed by atoms with E-state index >= 15 is 0 Å². The lowest BCUT2D eigenvalue weighted by Crippen LogP contribution is -2.17. The molecule has 1 heterocycles. The number of H-pyrrole nitrogens is 1. The first-order valence-electron chi connectivity index (χ1n) is 7.40. The smallest absolute Gasteiger partial charge is 0.335 e. The van der Waals surface area contributed by atoms with Gasteiger partial charge in [-0.1, -0.05) is 17.7 Å². The number of hydrogen-bond donors (Lipinski definition) is 2. The molecule has 2 N–H and O–H groups in total. The van der Waals surface area contributed by atoms with E-state index in [1.165, 1.54) is 23.0 Å². The highest BCUT2D eigenvalue weighted by atomic mass is 35.5. The minimum absolute atomic E-state index is 0.181. The van der Waals surface area contributed by atoms with Crippen LogP contribution in [0.3, 0.4) is 0 Å². The molecule has 0 fully saturated rings. The zero-order valence-corrected chi connectivity index (χ0v) is 14.0. The van der Waals surface area contributed by atoms with E-state index < -0.39 is 5.97 Å². The maximum absolute atomic E-state index is 12.6. The van der Waals surface area contributed by atoms with E-state index in [0.717, 1.165) is 0 Å². The Labute approximate surface area is 148 Å². The van der Waals surface area contributed by atoms with Gasteiger partial charge in [-0.15, -0.1) is 0 Å². The number of carboxylic acids is 1. The van der Waals surface area contributed by atoms with Gasteiger partial charge >= 0.3 is 5.97 Å². The van der Waals surface area contributed by atoms with E-state index in [1.807, 2.05) is 0 Å². The molecule has 0 radical (unpaired) electrons. The van der Waals surface area contributed by atoms with Crippen molar-refractivity contribution in [2.75, 3.05) is 0 Å². The summed E-state index contributed by atoms with van der Waals surface area (Å²) in [5, 5.41) is 12.4. The lowest BCUT2D eigenvalue weighted by atomic mass is 10.2. The van der Waals surface area contributed by atoms with Crippen LogP contribution in [-0.2, 0) is 0 Å². The summed E-state index contributed by atoms with van der Waals surface area (Å²) in [6.07, 6.45) is 1.46. The number of aromatic carboxylic acids is 1. The molecule has 0 spiro atoms. The second-order valence-electron chi connectivity index (χ2n) is 5.38. The van der Waals surface area contributed by atoms with E-state index in [4.69, 9.17) is 16.7 Å². The quantitative estimate of drug-likeness (QED) is 0.701. The molecule has 3 aromatic rings. The predicted molar refractivity (Wildman–Crippen MR) is 96.8 cm³/mol. The number of carbonyl (C=O) groups is 1. The Morgan fingerprint density at radius 1 is 1.24 bits per heavy atom. The number of nitrogens with zero attached hydrogens (tertiary/aromatic N) is 2. The van der Waals surface area contributed by atoms with E-state index in [2.05, 4.69) is 10.1 Å². The Hall–Kier alpha value is -3.12. The second-order valence-corrected chi connectivity index (χ2v) is 5.82. The number of aromatic amines is 1. The number of aryl methyl sites for hydroxylation is 1. The number of rotatable bonds is 4. The number of aliphatic imine (C=N–C) groups is 1. The lowest BCUT2D eigenvalue weighted by molar-refractivity contribution is 0.0697. The van der Waals surface area contributed by atoms with E-state index in [1.54, 1.807) is 43.3 Å². The fourth-order valence-electron chi connectivity index (χ4n) is 2.34. The lowest BCUT2D eigenvalue weighted by Gasteiger charge is -2.01. The van der Waals surface area contributed by atoms with Gasteiger partial charge in [-0.25, -0.2) is 9.48 Å². The summed E-state index contributed by atoms with van der Waals surface area (Å²) >= 11 is 5.97. The van der Waals surface area contributed by atoms with Gasteiger partial charge < -0.3 is 5.11 Å². The number of halogens is 1. The highest BCUT2D eigenvalue weighted by Gasteiger charge is 2.11. The SMILES string of the molecule is Cc1[nH]n(-c2cccc(Cl)c2)c(=O)c1C=Nc1ccc(C(=O)O)cc1. The second kappa shape index (κ2) is 6.78. The molecule has 126 valence electrons. The maximum Gasteiger partial charge on any atom is 0.335 e. The normalized spacial score (nSPS) is 11.1. The van der Waals surface area contributed by atoms with Crippen LogP contribution in [0, 0.1) is 6.92 Å². The van der Waals surface area contributed by atoms with Gasteiger partial charge in [0.05, 0.1) is 22.5 Å². The molecule has 0 amide bonds. The Bertz CT molecular complexity index is 1020. The van der Waals surface area contributed by atoms with E-state index in [9.17, 15) is 9.59 Å². The summed E-state index contributed by atoms with van der Waals surface area (Å²) in [4.78, 5) is 27.7. The number of carboxylic acid groups (broad SMARTS) is 1. The van der Waals surface area contributed by atoms with Gasteiger partial charge in [0.15, 0.2) is 0 Å². The third-order valence-corrected chi connectivity index (χ3v) is 3.88. The minimum Gasteiger partial charge on any atom is -0.478 e. The van der Waals surface area contributed by atoms with Crippen LogP contribution in [-0.4, -0.2) is 27.1 Å². The van der Waals surface area contributed by atoms with Crippen molar-refractivity contribution in [1.29, 1.82) is 0 Å². The molecule has 0 bridgehead atoms. The average Bonchev–Trinajstić information content (AvgIpc) is 2.88. The molecule has 0 aliphatic heterocycles. The molecule has 0 aliphatic rings. The van der Waals surface area contributed by atoms with Crippen LogP contribution in [0.1, 0.15) is 21.6 Å². The van der Waals surface area contributed by atoms with Gasteiger partial charge in [-0.2, -0.15) is 0 Å². The molecule has 3 rings (SSSR count). The standard InChI is InChI=1S/C18H14ClN3O3/c1-11-16(10-20-14-7-5-12(6-8-14)18(24)25)17(23)22(21-11)15-4-2-3-13(19)9-15/h2-10,21H,1H3,(H,24,25). The summed E-state index contributed by atoms with van der Waals surface area (Å²) in [5.41, 5.74) is 2.20. The molecule has 25 heavy (non-hydrogen) atoms. The first kappa shape index (κ1) is 16.7. The van der Waals surface area contributed by atoms with Gasteiger partial charge in [-0.05, 0) is 49.4 Å². The van der Waals surface area contributed by atoms with Gasteiger partial charge in [0, 0.05) is 16.9 Å². The maximum atomic E-state index is 12.6. The number of benzene rings is 2. The summed E-state index contributed by atoms with van der Waals surface area (Å²) in [7, 11) is 0. The highest BCUT2D eigenvalue weighted by Crippen LogP contribution is 2.15. The van der Waals surface area contributed by atoms with Crippen molar-refractivity contribution >= 4 is 29.5 Å². The monoisotopic (exact) mass is 355 g/mol. The Balaban J connectivity index is 1.93. The van der Waals surface area contributed by atoms with Crippen LogP contribution in [0.2, 0.25) is 5.02 Å². The zero-order chi connectivity index (χ0) is 18.0. The third-order valence-electron chi connectivity index (χ3n) is 3.64.